The van der Waals surface area contributed by atoms with E-state index in [2.05, 4.69) is 26.0 Å². The molecular formula is C12H22O2. The van der Waals surface area contributed by atoms with Crippen molar-refractivity contribution in [1.29, 1.82) is 0 Å². The Kier molecular flexibility index (Phi) is 8.30. The molecule has 0 N–H and O–H groups in total. The molecule has 0 bridgehead atoms. The summed E-state index contributed by atoms with van der Waals surface area (Å²) in [5.41, 5.74) is 0. The number of esters is 1. The summed E-state index contributed by atoms with van der Waals surface area (Å²) in [6, 6.07) is 0. The topological polar surface area (TPSA) is 26.3 Å². The van der Waals surface area contributed by atoms with Crippen LogP contribution in [-0.4, -0.2) is 12.6 Å². The largest absolute Gasteiger partial charge is 0.466 e. The van der Waals surface area contributed by atoms with Gasteiger partial charge in [0.15, 0.2) is 0 Å². The highest BCUT2D eigenvalue weighted by Crippen LogP contribution is 2.06. The van der Waals surface area contributed by atoms with Crippen LogP contribution in [0.5, 0.6) is 0 Å². The zero-order valence-corrected chi connectivity index (χ0v) is 9.58. The molecule has 2 nitrogen and oxygen atoms in total. The maximum atomic E-state index is 10.4. The second-order valence-corrected chi connectivity index (χ2v) is 3.92. The molecule has 0 aliphatic heterocycles. The summed E-state index contributed by atoms with van der Waals surface area (Å²) in [4.78, 5) is 10.4. The van der Waals surface area contributed by atoms with Crippen molar-refractivity contribution in [1.82, 2.24) is 0 Å². The highest BCUT2D eigenvalue weighted by Gasteiger charge is 1.91. The third kappa shape index (κ3) is 11.2. The van der Waals surface area contributed by atoms with E-state index in [9.17, 15) is 4.79 Å². The van der Waals surface area contributed by atoms with Crippen molar-refractivity contribution in [3.63, 3.8) is 0 Å². The molecule has 0 spiro atoms. The summed E-state index contributed by atoms with van der Waals surface area (Å²) in [5.74, 6) is 0.600. The normalized spacial score (nSPS) is 11.1. The molecule has 0 heterocycles. The molecule has 0 unspecified atom stereocenters. The zero-order chi connectivity index (χ0) is 10.8. The molecule has 0 saturated heterocycles. The van der Waals surface area contributed by atoms with E-state index in [1.807, 2.05) is 0 Å². The third-order valence-corrected chi connectivity index (χ3v) is 1.91. The van der Waals surface area contributed by atoms with E-state index in [4.69, 9.17) is 4.74 Å². The van der Waals surface area contributed by atoms with Crippen LogP contribution in [0.4, 0.5) is 0 Å². The maximum absolute atomic E-state index is 10.4. The SMILES string of the molecule is CC(=O)OCC/C=C/CCCC(C)C. The predicted molar refractivity (Wildman–Crippen MR) is 59.1 cm³/mol. The Labute approximate surface area is 87.3 Å². The van der Waals surface area contributed by atoms with Gasteiger partial charge in [-0.25, -0.2) is 0 Å². The van der Waals surface area contributed by atoms with E-state index in [1.54, 1.807) is 0 Å². The van der Waals surface area contributed by atoms with Gasteiger partial charge in [-0.1, -0.05) is 32.4 Å². The van der Waals surface area contributed by atoms with E-state index < -0.39 is 0 Å². The first-order valence-corrected chi connectivity index (χ1v) is 5.41. The van der Waals surface area contributed by atoms with Crippen molar-refractivity contribution in [2.24, 2.45) is 5.92 Å². The molecule has 14 heavy (non-hydrogen) atoms. The second kappa shape index (κ2) is 8.79. The summed E-state index contributed by atoms with van der Waals surface area (Å²) < 4.78 is 4.80. The molecule has 0 atom stereocenters. The highest BCUT2D eigenvalue weighted by molar-refractivity contribution is 5.65. The van der Waals surface area contributed by atoms with Crippen LogP contribution in [-0.2, 0) is 9.53 Å². The average molecular weight is 198 g/mol. The Hall–Kier alpha value is -0.790. The summed E-state index contributed by atoms with van der Waals surface area (Å²) >= 11 is 0. The Morgan fingerprint density at radius 1 is 1.29 bits per heavy atom. The Morgan fingerprint density at radius 2 is 1.93 bits per heavy atom. The van der Waals surface area contributed by atoms with Crippen LogP contribution in [0.2, 0.25) is 0 Å². The monoisotopic (exact) mass is 198 g/mol. The van der Waals surface area contributed by atoms with Gasteiger partial charge in [0.2, 0.25) is 0 Å². The number of ether oxygens (including phenoxy) is 1. The molecule has 0 aliphatic carbocycles. The molecule has 0 radical (unpaired) electrons. The smallest absolute Gasteiger partial charge is 0.302 e. The van der Waals surface area contributed by atoms with Crippen LogP contribution in [0.15, 0.2) is 12.2 Å². The van der Waals surface area contributed by atoms with Crippen LogP contribution in [0.3, 0.4) is 0 Å². The number of hydrogen-bond acceptors (Lipinski definition) is 2. The fraction of sp³-hybridized carbons (Fsp3) is 0.750. The predicted octanol–water partition coefficient (Wildman–Crippen LogP) is 3.32. The second-order valence-electron chi connectivity index (χ2n) is 3.92. The van der Waals surface area contributed by atoms with E-state index in [0.29, 0.717) is 6.61 Å². The minimum atomic E-state index is -0.196. The molecule has 0 aromatic rings. The van der Waals surface area contributed by atoms with Crippen molar-refractivity contribution in [2.45, 2.75) is 46.5 Å². The fourth-order valence-corrected chi connectivity index (χ4v) is 1.15. The third-order valence-electron chi connectivity index (χ3n) is 1.91. The summed E-state index contributed by atoms with van der Waals surface area (Å²) in [5, 5.41) is 0. The molecule has 0 saturated carbocycles. The van der Waals surface area contributed by atoms with Crippen molar-refractivity contribution < 1.29 is 9.53 Å². The zero-order valence-electron chi connectivity index (χ0n) is 9.58. The number of carbonyl (C=O) groups excluding carboxylic acids is 1. The summed E-state index contributed by atoms with van der Waals surface area (Å²) in [6.45, 7) is 6.43. The Bertz CT molecular complexity index is 171. The first-order chi connectivity index (χ1) is 6.63. The standard InChI is InChI=1S/C12H22O2/c1-11(2)9-7-5-4-6-8-10-14-12(3)13/h4,6,11H,5,7-10H2,1-3H3/b6-4+. The Balaban J connectivity index is 3.15. The van der Waals surface area contributed by atoms with Gasteiger partial charge in [0.1, 0.15) is 0 Å². The molecular weight excluding hydrogens is 176 g/mol. The van der Waals surface area contributed by atoms with E-state index >= 15 is 0 Å². The molecule has 0 aromatic carbocycles. The van der Waals surface area contributed by atoms with Gasteiger partial charge in [-0.2, -0.15) is 0 Å². The molecule has 0 rings (SSSR count). The van der Waals surface area contributed by atoms with Crippen LogP contribution >= 0.6 is 0 Å². The van der Waals surface area contributed by atoms with Crippen molar-refractivity contribution in [3.8, 4) is 0 Å². The van der Waals surface area contributed by atoms with Crippen LogP contribution in [0.1, 0.15) is 46.5 Å². The molecule has 82 valence electrons. The van der Waals surface area contributed by atoms with Gasteiger partial charge in [0, 0.05) is 6.92 Å². The van der Waals surface area contributed by atoms with Crippen LogP contribution < -0.4 is 0 Å². The van der Waals surface area contributed by atoms with Gasteiger partial charge in [-0.3, -0.25) is 4.79 Å². The first kappa shape index (κ1) is 13.2. The first-order valence-electron chi connectivity index (χ1n) is 5.41. The molecule has 0 aliphatic rings. The summed E-state index contributed by atoms with van der Waals surface area (Å²) in [7, 11) is 0. The lowest BCUT2D eigenvalue weighted by atomic mass is 10.1. The number of rotatable bonds is 7. The molecule has 0 amide bonds. The van der Waals surface area contributed by atoms with E-state index in [1.165, 1.54) is 19.8 Å². The van der Waals surface area contributed by atoms with Crippen LogP contribution in [0.25, 0.3) is 0 Å². The fourth-order valence-electron chi connectivity index (χ4n) is 1.15. The summed E-state index contributed by atoms with van der Waals surface area (Å²) in [6.07, 6.45) is 8.77. The minimum Gasteiger partial charge on any atom is -0.466 e. The quantitative estimate of drug-likeness (QED) is 0.356. The molecule has 2 heteroatoms. The van der Waals surface area contributed by atoms with Crippen molar-refractivity contribution >= 4 is 5.97 Å². The minimum absolute atomic E-state index is 0.196. The van der Waals surface area contributed by atoms with Gasteiger partial charge in [0.05, 0.1) is 6.61 Å². The van der Waals surface area contributed by atoms with Crippen molar-refractivity contribution in [2.75, 3.05) is 6.61 Å². The Morgan fingerprint density at radius 3 is 2.50 bits per heavy atom. The van der Waals surface area contributed by atoms with Crippen LogP contribution in [0, 0.1) is 5.92 Å². The molecule has 0 aromatic heterocycles. The van der Waals surface area contributed by atoms with Gasteiger partial charge < -0.3 is 4.74 Å². The number of allylic oxidation sites excluding steroid dienone is 1. The van der Waals surface area contributed by atoms with Gasteiger partial charge in [-0.05, 0) is 25.2 Å². The lowest BCUT2D eigenvalue weighted by Crippen LogP contribution is -1.98. The number of hydrogen-bond donors (Lipinski definition) is 0. The van der Waals surface area contributed by atoms with E-state index in [0.717, 1.165) is 18.8 Å². The lowest BCUT2D eigenvalue weighted by Gasteiger charge is -2.00. The number of carbonyl (C=O) groups is 1. The average Bonchev–Trinajstić information content (AvgIpc) is 2.08. The maximum Gasteiger partial charge on any atom is 0.302 e. The number of unbranched alkanes of at least 4 members (excludes halogenated alkanes) is 1. The molecule has 0 fully saturated rings. The van der Waals surface area contributed by atoms with Gasteiger partial charge >= 0.3 is 5.97 Å². The van der Waals surface area contributed by atoms with Gasteiger partial charge in [0.25, 0.3) is 0 Å². The lowest BCUT2D eigenvalue weighted by molar-refractivity contribution is -0.140. The van der Waals surface area contributed by atoms with Crippen molar-refractivity contribution in [3.05, 3.63) is 12.2 Å². The van der Waals surface area contributed by atoms with Gasteiger partial charge in [-0.15, -0.1) is 0 Å². The highest BCUT2D eigenvalue weighted by atomic mass is 16.5. The van der Waals surface area contributed by atoms with E-state index in [-0.39, 0.29) is 5.97 Å².